The SMILES string of the molecule is COCc1ccc(Cl)cc1-c1cnoc1N. The van der Waals surface area contributed by atoms with Crippen LogP contribution in [0.15, 0.2) is 28.9 Å². The topological polar surface area (TPSA) is 61.3 Å². The zero-order chi connectivity index (χ0) is 11.5. The van der Waals surface area contributed by atoms with E-state index >= 15 is 0 Å². The van der Waals surface area contributed by atoms with Crippen LogP contribution in [-0.4, -0.2) is 12.3 Å². The van der Waals surface area contributed by atoms with Gasteiger partial charge in [0.05, 0.1) is 18.4 Å². The quantitative estimate of drug-likeness (QED) is 0.893. The Labute approximate surface area is 97.9 Å². The molecule has 0 radical (unpaired) electrons. The van der Waals surface area contributed by atoms with E-state index in [1.807, 2.05) is 18.2 Å². The fraction of sp³-hybridized carbons (Fsp3) is 0.182. The standard InChI is InChI=1S/C11H11ClN2O2/c1-15-6-7-2-3-8(12)4-9(7)10-5-14-16-11(10)13/h2-5H,6,13H2,1H3. The Morgan fingerprint density at radius 2 is 2.25 bits per heavy atom. The predicted octanol–water partition coefficient (Wildman–Crippen LogP) is 2.72. The highest BCUT2D eigenvalue weighted by molar-refractivity contribution is 6.30. The molecule has 1 aromatic heterocycles. The van der Waals surface area contributed by atoms with Gasteiger partial charge < -0.3 is 15.0 Å². The lowest BCUT2D eigenvalue weighted by Crippen LogP contribution is -1.93. The largest absolute Gasteiger partial charge is 0.380 e. The predicted molar refractivity (Wildman–Crippen MR) is 62.1 cm³/mol. The van der Waals surface area contributed by atoms with Gasteiger partial charge in [0, 0.05) is 12.1 Å². The van der Waals surface area contributed by atoms with Gasteiger partial charge in [0.1, 0.15) is 0 Å². The summed E-state index contributed by atoms with van der Waals surface area (Å²) in [4.78, 5) is 0. The molecular formula is C11H11ClN2O2. The van der Waals surface area contributed by atoms with Crippen LogP contribution in [0.3, 0.4) is 0 Å². The maximum atomic E-state index is 5.95. The minimum absolute atomic E-state index is 0.277. The molecule has 1 heterocycles. The molecule has 2 rings (SSSR count). The summed E-state index contributed by atoms with van der Waals surface area (Å²) in [6.45, 7) is 0.483. The number of nitrogen functional groups attached to an aromatic ring is 1. The van der Waals surface area contributed by atoms with Crippen LogP contribution in [0, 0.1) is 0 Å². The molecule has 2 aromatic rings. The van der Waals surface area contributed by atoms with Crippen LogP contribution < -0.4 is 5.73 Å². The van der Waals surface area contributed by atoms with Gasteiger partial charge in [0.15, 0.2) is 0 Å². The number of hydrogen-bond acceptors (Lipinski definition) is 4. The van der Waals surface area contributed by atoms with Crippen LogP contribution in [0.2, 0.25) is 5.02 Å². The maximum absolute atomic E-state index is 5.95. The van der Waals surface area contributed by atoms with Crippen LogP contribution in [0.25, 0.3) is 11.1 Å². The lowest BCUT2D eigenvalue weighted by atomic mass is 10.0. The lowest BCUT2D eigenvalue weighted by molar-refractivity contribution is 0.185. The summed E-state index contributed by atoms with van der Waals surface area (Å²) >= 11 is 5.95. The van der Waals surface area contributed by atoms with Gasteiger partial charge in [0.25, 0.3) is 0 Å². The van der Waals surface area contributed by atoms with Gasteiger partial charge in [-0.05, 0) is 23.3 Å². The summed E-state index contributed by atoms with van der Waals surface area (Å²) in [7, 11) is 1.63. The van der Waals surface area contributed by atoms with Crippen molar-refractivity contribution in [3.8, 4) is 11.1 Å². The van der Waals surface area contributed by atoms with Crippen molar-refractivity contribution in [2.75, 3.05) is 12.8 Å². The van der Waals surface area contributed by atoms with Crippen molar-refractivity contribution in [3.63, 3.8) is 0 Å². The van der Waals surface area contributed by atoms with E-state index in [-0.39, 0.29) is 5.88 Å². The molecule has 5 heteroatoms. The van der Waals surface area contributed by atoms with Gasteiger partial charge in [-0.3, -0.25) is 0 Å². The molecule has 1 aromatic carbocycles. The number of aromatic nitrogens is 1. The smallest absolute Gasteiger partial charge is 0.229 e. The molecule has 0 saturated carbocycles. The first-order valence-corrected chi connectivity index (χ1v) is 5.08. The number of benzene rings is 1. The summed E-state index contributed by atoms with van der Waals surface area (Å²) in [5, 5.41) is 4.28. The minimum atomic E-state index is 0.277. The summed E-state index contributed by atoms with van der Waals surface area (Å²) in [5.41, 5.74) is 8.28. The first-order valence-electron chi connectivity index (χ1n) is 4.70. The third kappa shape index (κ3) is 2.03. The molecule has 84 valence electrons. The Balaban J connectivity index is 2.53. The molecule has 0 atom stereocenters. The van der Waals surface area contributed by atoms with Crippen molar-refractivity contribution < 1.29 is 9.26 Å². The van der Waals surface area contributed by atoms with Gasteiger partial charge in [-0.2, -0.15) is 0 Å². The third-order valence-corrected chi connectivity index (χ3v) is 2.50. The normalized spacial score (nSPS) is 10.6. The second kappa shape index (κ2) is 4.55. The number of rotatable bonds is 3. The van der Waals surface area contributed by atoms with Crippen molar-refractivity contribution in [1.82, 2.24) is 5.16 Å². The molecule has 0 aliphatic rings. The van der Waals surface area contributed by atoms with E-state index < -0.39 is 0 Å². The van der Waals surface area contributed by atoms with Crippen LogP contribution in [0.1, 0.15) is 5.56 Å². The number of hydrogen-bond donors (Lipinski definition) is 1. The first-order chi connectivity index (χ1) is 7.72. The summed E-state index contributed by atoms with van der Waals surface area (Å²) < 4.78 is 9.95. The van der Waals surface area contributed by atoms with Gasteiger partial charge in [-0.15, -0.1) is 0 Å². The summed E-state index contributed by atoms with van der Waals surface area (Å²) in [5.74, 6) is 0.277. The summed E-state index contributed by atoms with van der Waals surface area (Å²) in [6.07, 6.45) is 1.57. The molecule has 0 unspecified atom stereocenters. The van der Waals surface area contributed by atoms with Crippen LogP contribution in [-0.2, 0) is 11.3 Å². The first kappa shape index (κ1) is 11.0. The highest BCUT2D eigenvalue weighted by atomic mass is 35.5. The molecular weight excluding hydrogens is 228 g/mol. The highest BCUT2D eigenvalue weighted by Crippen LogP contribution is 2.31. The number of ether oxygens (including phenoxy) is 1. The summed E-state index contributed by atoms with van der Waals surface area (Å²) in [6, 6.07) is 5.52. The number of anilines is 1. The van der Waals surface area contributed by atoms with Crippen molar-refractivity contribution >= 4 is 17.5 Å². The fourth-order valence-electron chi connectivity index (χ4n) is 1.53. The number of nitrogens with zero attached hydrogens (tertiary/aromatic N) is 1. The average molecular weight is 239 g/mol. The lowest BCUT2D eigenvalue weighted by Gasteiger charge is -2.07. The zero-order valence-electron chi connectivity index (χ0n) is 8.74. The molecule has 0 saturated heterocycles. The van der Waals surface area contributed by atoms with Crippen molar-refractivity contribution in [1.29, 1.82) is 0 Å². The molecule has 0 bridgehead atoms. The van der Waals surface area contributed by atoms with Gasteiger partial charge in [-0.25, -0.2) is 0 Å². The van der Waals surface area contributed by atoms with E-state index in [1.165, 1.54) is 0 Å². The van der Waals surface area contributed by atoms with Crippen LogP contribution in [0.4, 0.5) is 5.88 Å². The van der Waals surface area contributed by atoms with E-state index in [0.29, 0.717) is 11.6 Å². The molecule has 0 aliphatic carbocycles. The molecule has 0 spiro atoms. The Hall–Kier alpha value is -1.52. The molecule has 0 fully saturated rings. The molecule has 0 amide bonds. The fourth-order valence-corrected chi connectivity index (χ4v) is 1.70. The van der Waals surface area contributed by atoms with Gasteiger partial charge in [-0.1, -0.05) is 22.8 Å². The Kier molecular flexibility index (Phi) is 3.12. The van der Waals surface area contributed by atoms with Gasteiger partial charge >= 0.3 is 0 Å². The monoisotopic (exact) mass is 238 g/mol. The van der Waals surface area contributed by atoms with E-state index in [4.69, 9.17) is 26.6 Å². The maximum Gasteiger partial charge on any atom is 0.229 e. The molecule has 4 nitrogen and oxygen atoms in total. The van der Waals surface area contributed by atoms with E-state index in [9.17, 15) is 0 Å². The molecule has 2 N–H and O–H groups in total. The van der Waals surface area contributed by atoms with Crippen molar-refractivity contribution in [2.45, 2.75) is 6.61 Å². The van der Waals surface area contributed by atoms with E-state index in [0.717, 1.165) is 16.7 Å². The number of nitrogens with two attached hydrogens (primary N) is 1. The third-order valence-electron chi connectivity index (χ3n) is 2.26. The Morgan fingerprint density at radius 1 is 1.44 bits per heavy atom. The van der Waals surface area contributed by atoms with Crippen LogP contribution >= 0.6 is 11.6 Å². The van der Waals surface area contributed by atoms with Crippen molar-refractivity contribution in [3.05, 3.63) is 35.0 Å². The van der Waals surface area contributed by atoms with E-state index in [2.05, 4.69) is 5.16 Å². The average Bonchev–Trinajstić information content (AvgIpc) is 2.67. The van der Waals surface area contributed by atoms with Gasteiger partial charge in [0.2, 0.25) is 5.88 Å². The zero-order valence-corrected chi connectivity index (χ0v) is 9.49. The Bertz CT molecular complexity index is 496. The number of methoxy groups -OCH3 is 1. The van der Waals surface area contributed by atoms with E-state index in [1.54, 1.807) is 13.3 Å². The minimum Gasteiger partial charge on any atom is -0.380 e. The van der Waals surface area contributed by atoms with Crippen molar-refractivity contribution in [2.24, 2.45) is 0 Å². The Morgan fingerprint density at radius 3 is 2.88 bits per heavy atom. The second-order valence-electron chi connectivity index (χ2n) is 3.34. The molecule has 0 aliphatic heterocycles. The highest BCUT2D eigenvalue weighted by Gasteiger charge is 2.12. The number of halogens is 1. The second-order valence-corrected chi connectivity index (χ2v) is 3.77. The molecule has 16 heavy (non-hydrogen) atoms. The van der Waals surface area contributed by atoms with Crippen LogP contribution in [0.5, 0.6) is 0 Å².